The minimum atomic E-state index is 0.949. The van der Waals surface area contributed by atoms with Crippen molar-refractivity contribution < 1.29 is 0 Å². The Morgan fingerprint density at radius 2 is 1.95 bits per heavy atom. The molecule has 0 atom stereocenters. The Hall–Kier alpha value is -1.73. The highest BCUT2D eigenvalue weighted by atomic mass is 32.1. The summed E-state index contributed by atoms with van der Waals surface area (Å²) in [6.07, 6.45) is 1.65. The second-order valence-electron chi connectivity index (χ2n) is 5.75. The Morgan fingerprint density at radius 3 is 2.59 bits per heavy atom. The molecule has 0 aliphatic carbocycles. The molecular weight excluding hydrogens is 296 g/mol. The fourth-order valence-electron chi connectivity index (χ4n) is 2.60. The van der Waals surface area contributed by atoms with Crippen molar-refractivity contribution in [1.82, 2.24) is 19.9 Å². The van der Waals surface area contributed by atoms with Crippen molar-refractivity contribution in [2.24, 2.45) is 0 Å². The number of nitrogens with zero attached hydrogens (tertiary/aromatic N) is 6. The Bertz CT molecular complexity index is 618. The second kappa shape index (κ2) is 6.58. The number of piperazine rings is 1. The van der Waals surface area contributed by atoms with Crippen LogP contribution in [0.2, 0.25) is 0 Å². The number of rotatable bonds is 4. The van der Waals surface area contributed by atoms with E-state index in [1.54, 1.807) is 17.7 Å². The number of aryl methyl sites for hydroxylation is 1. The SMILES string of the molecule is Cc1nc(CN2CCN(c3cc(N(C)C)ncn3)CC2)cs1. The molecule has 2 aromatic heterocycles. The van der Waals surface area contributed by atoms with E-state index >= 15 is 0 Å². The maximum absolute atomic E-state index is 4.55. The van der Waals surface area contributed by atoms with Gasteiger partial charge in [-0.05, 0) is 6.92 Å². The molecule has 0 radical (unpaired) electrons. The van der Waals surface area contributed by atoms with Gasteiger partial charge in [0.1, 0.15) is 18.0 Å². The van der Waals surface area contributed by atoms with Gasteiger partial charge in [0.15, 0.2) is 0 Å². The normalized spacial score (nSPS) is 16.0. The molecule has 0 N–H and O–H groups in total. The molecule has 3 heterocycles. The van der Waals surface area contributed by atoms with Crippen LogP contribution in [0, 0.1) is 6.92 Å². The molecule has 1 aliphatic heterocycles. The maximum atomic E-state index is 4.55. The van der Waals surface area contributed by atoms with Gasteiger partial charge in [-0.1, -0.05) is 0 Å². The van der Waals surface area contributed by atoms with E-state index < -0.39 is 0 Å². The van der Waals surface area contributed by atoms with Gasteiger partial charge in [0.05, 0.1) is 10.7 Å². The highest BCUT2D eigenvalue weighted by Crippen LogP contribution is 2.18. The van der Waals surface area contributed by atoms with Gasteiger partial charge in [-0.15, -0.1) is 11.3 Å². The van der Waals surface area contributed by atoms with Crippen molar-refractivity contribution in [3.05, 3.63) is 28.5 Å². The predicted octanol–water partition coefficient (Wildman–Crippen LogP) is 1.63. The first kappa shape index (κ1) is 15.2. The zero-order valence-electron chi connectivity index (χ0n) is 13.4. The smallest absolute Gasteiger partial charge is 0.134 e. The summed E-state index contributed by atoms with van der Waals surface area (Å²) in [4.78, 5) is 20.0. The summed E-state index contributed by atoms with van der Waals surface area (Å²) in [6.45, 7) is 7.07. The molecule has 2 aromatic rings. The van der Waals surface area contributed by atoms with E-state index in [0.29, 0.717) is 0 Å². The topological polar surface area (TPSA) is 48.4 Å². The summed E-state index contributed by atoms with van der Waals surface area (Å²) < 4.78 is 0. The molecule has 0 aromatic carbocycles. The van der Waals surface area contributed by atoms with Crippen LogP contribution in [-0.2, 0) is 6.54 Å². The first-order valence-corrected chi connectivity index (χ1v) is 8.37. The first-order valence-electron chi connectivity index (χ1n) is 7.49. The van der Waals surface area contributed by atoms with Crippen molar-refractivity contribution in [2.75, 3.05) is 50.1 Å². The third-order valence-electron chi connectivity index (χ3n) is 3.84. The van der Waals surface area contributed by atoms with Gasteiger partial charge >= 0.3 is 0 Å². The van der Waals surface area contributed by atoms with Gasteiger partial charge in [0, 0.05) is 58.3 Å². The van der Waals surface area contributed by atoms with Gasteiger partial charge in [0.2, 0.25) is 0 Å². The number of aromatic nitrogens is 3. The van der Waals surface area contributed by atoms with E-state index in [9.17, 15) is 0 Å². The standard InChI is InChI=1S/C15H22N6S/c1-12-18-13(10-22-12)9-20-4-6-21(7-5-20)15-8-14(19(2)3)16-11-17-15/h8,10-11H,4-7,9H2,1-3H3. The van der Waals surface area contributed by atoms with Crippen molar-refractivity contribution in [3.63, 3.8) is 0 Å². The van der Waals surface area contributed by atoms with E-state index in [4.69, 9.17) is 0 Å². The van der Waals surface area contributed by atoms with Crippen molar-refractivity contribution in [2.45, 2.75) is 13.5 Å². The molecule has 118 valence electrons. The fraction of sp³-hybridized carbons (Fsp3) is 0.533. The lowest BCUT2D eigenvalue weighted by Crippen LogP contribution is -2.46. The van der Waals surface area contributed by atoms with Gasteiger partial charge < -0.3 is 9.80 Å². The molecule has 0 unspecified atom stereocenters. The first-order chi connectivity index (χ1) is 10.6. The van der Waals surface area contributed by atoms with Crippen molar-refractivity contribution >= 4 is 23.0 Å². The minimum absolute atomic E-state index is 0.949. The van der Waals surface area contributed by atoms with Crippen LogP contribution in [0.25, 0.3) is 0 Å². The fourth-order valence-corrected chi connectivity index (χ4v) is 3.20. The lowest BCUT2D eigenvalue weighted by Gasteiger charge is -2.35. The molecule has 6 nitrogen and oxygen atoms in total. The summed E-state index contributed by atoms with van der Waals surface area (Å²) >= 11 is 1.72. The Morgan fingerprint density at radius 1 is 1.18 bits per heavy atom. The number of hydrogen-bond acceptors (Lipinski definition) is 7. The zero-order valence-corrected chi connectivity index (χ0v) is 14.2. The van der Waals surface area contributed by atoms with E-state index in [-0.39, 0.29) is 0 Å². The third kappa shape index (κ3) is 3.53. The summed E-state index contributed by atoms with van der Waals surface area (Å²) in [6, 6.07) is 2.06. The summed E-state index contributed by atoms with van der Waals surface area (Å²) in [5.41, 5.74) is 1.19. The average molecular weight is 318 g/mol. The average Bonchev–Trinajstić information content (AvgIpc) is 2.93. The molecule has 0 spiro atoms. The quantitative estimate of drug-likeness (QED) is 0.854. The van der Waals surface area contributed by atoms with Crippen LogP contribution in [0.5, 0.6) is 0 Å². The van der Waals surface area contributed by atoms with Gasteiger partial charge in [-0.3, -0.25) is 4.90 Å². The Balaban J connectivity index is 1.58. The van der Waals surface area contributed by atoms with Crippen LogP contribution >= 0.6 is 11.3 Å². The maximum Gasteiger partial charge on any atom is 0.134 e. The van der Waals surface area contributed by atoms with Crippen molar-refractivity contribution in [3.8, 4) is 0 Å². The number of anilines is 2. The Kier molecular flexibility index (Phi) is 4.54. The van der Waals surface area contributed by atoms with Crippen LogP contribution in [0.15, 0.2) is 17.8 Å². The van der Waals surface area contributed by atoms with E-state index in [2.05, 4.69) is 43.1 Å². The zero-order chi connectivity index (χ0) is 15.5. The number of thiazole rings is 1. The largest absolute Gasteiger partial charge is 0.363 e. The highest BCUT2D eigenvalue weighted by molar-refractivity contribution is 7.09. The monoisotopic (exact) mass is 318 g/mol. The van der Waals surface area contributed by atoms with Crippen LogP contribution in [0.4, 0.5) is 11.6 Å². The van der Waals surface area contributed by atoms with Gasteiger partial charge in [-0.2, -0.15) is 0 Å². The van der Waals surface area contributed by atoms with Crippen LogP contribution in [0.3, 0.4) is 0 Å². The predicted molar refractivity (Wildman–Crippen MR) is 90.7 cm³/mol. The molecule has 1 aliphatic rings. The molecule has 1 saturated heterocycles. The molecule has 1 fully saturated rings. The molecule has 0 bridgehead atoms. The van der Waals surface area contributed by atoms with E-state index in [1.165, 1.54) is 5.69 Å². The molecule has 7 heteroatoms. The lowest BCUT2D eigenvalue weighted by atomic mass is 10.3. The van der Waals surface area contributed by atoms with E-state index in [0.717, 1.165) is 49.4 Å². The second-order valence-corrected chi connectivity index (χ2v) is 6.81. The summed E-state index contributed by atoms with van der Waals surface area (Å²) in [7, 11) is 4.00. The summed E-state index contributed by atoms with van der Waals surface area (Å²) in [5.74, 6) is 1.97. The summed E-state index contributed by atoms with van der Waals surface area (Å²) in [5, 5.41) is 3.31. The third-order valence-corrected chi connectivity index (χ3v) is 4.67. The van der Waals surface area contributed by atoms with Crippen molar-refractivity contribution in [1.29, 1.82) is 0 Å². The van der Waals surface area contributed by atoms with Crippen LogP contribution in [-0.4, -0.2) is 60.1 Å². The minimum Gasteiger partial charge on any atom is -0.363 e. The lowest BCUT2D eigenvalue weighted by molar-refractivity contribution is 0.247. The molecule has 0 amide bonds. The number of hydrogen-bond donors (Lipinski definition) is 0. The molecule has 0 saturated carbocycles. The van der Waals surface area contributed by atoms with E-state index in [1.807, 2.05) is 19.0 Å². The van der Waals surface area contributed by atoms with Gasteiger partial charge in [0.25, 0.3) is 0 Å². The van der Waals surface area contributed by atoms with Crippen LogP contribution < -0.4 is 9.80 Å². The molecule has 22 heavy (non-hydrogen) atoms. The molecular formula is C15H22N6S. The highest BCUT2D eigenvalue weighted by Gasteiger charge is 2.19. The van der Waals surface area contributed by atoms with Gasteiger partial charge in [-0.25, -0.2) is 15.0 Å². The Labute approximate surface area is 135 Å². The molecule has 3 rings (SSSR count). The van der Waals surface area contributed by atoms with Crippen LogP contribution in [0.1, 0.15) is 10.7 Å².